The average molecular weight is 391 g/mol. The normalized spacial score (nSPS) is 15.5. The van der Waals surface area contributed by atoms with Gasteiger partial charge in [-0.25, -0.2) is 4.98 Å². The maximum atomic E-state index is 12.4. The Morgan fingerprint density at radius 3 is 2.70 bits per heavy atom. The molecule has 1 unspecified atom stereocenters. The minimum atomic E-state index is -0.319. The van der Waals surface area contributed by atoms with Gasteiger partial charge in [-0.2, -0.15) is 0 Å². The van der Waals surface area contributed by atoms with Crippen LogP contribution in [0.5, 0.6) is 0 Å². The van der Waals surface area contributed by atoms with Gasteiger partial charge < -0.3 is 9.88 Å². The van der Waals surface area contributed by atoms with Gasteiger partial charge in [0.1, 0.15) is 0 Å². The van der Waals surface area contributed by atoms with Crippen molar-refractivity contribution in [2.75, 3.05) is 5.32 Å². The molecule has 8 heteroatoms. The van der Waals surface area contributed by atoms with Crippen LogP contribution >= 0.6 is 46.6 Å². The summed E-state index contributed by atoms with van der Waals surface area (Å²) in [5, 5.41) is 4.37. The lowest BCUT2D eigenvalue weighted by Gasteiger charge is -2.14. The molecule has 1 saturated carbocycles. The van der Waals surface area contributed by atoms with Crippen LogP contribution in [0.3, 0.4) is 0 Å². The zero-order valence-corrected chi connectivity index (χ0v) is 15.3. The van der Waals surface area contributed by atoms with E-state index in [0.29, 0.717) is 26.8 Å². The van der Waals surface area contributed by atoms with E-state index in [2.05, 4.69) is 14.9 Å². The molecule has 1 N–H and O–H groups in total. The summed E-state index contributed by atoms with van der Waals surface area (Å²) in [7, 11) is 0. The van der Waals surface area contributed by atoms with E-state index < -0.39 is 0 Å². The molecule has 0 aliphatic heterocycles. The fourth-order valence-electron chi connectivity index (χ4n) is 2.09. The van der Waals surface area contributed by atoms with Crippen LogP contribution in [-0.2, 0) is 4.79 Å². The van der Waals surface area contributed by atoms with Crippen molar-refractivity contribution in [2.24, 2.45) is 0 Å². The lowest BCUT2D eigenvalue weighted by Crippen LogP contribution is -2.23. The second-order valence-electron chi connectivity index (χ2n) is 5.34. The number of anilines is 1. The molecule has 4 nitrogen and oxygen atoms in total. The van der Waals surface area contributed by atoms with Crippen LogP contribution in [0.4, 0.5) is 5.69 Å². The van der Waals surface area contributed by atoms with Gasteiger partial charge in [0, 0.05) is 18.4 Å². The Balaban J connectivity index is 1.68. The van der Waals surface area contributed by atoms with Crippen LogP contribution in [0.15, 0.2) is 29.7 Å². The monoisotopic (exact) mass is 389 g/mol. The fraction of sp³-hybridized carbons (Fsp3) is 0.333. The zero-order chi connectivity index (χ0) is 16.6. The number of rotatable bonds is 5. The molecule has 122 valence electrons. The number of amides is 1. The third-order valence-corrected chi connectivity index (χ3v) is 5.62. The zero-order valence-electron chi connectivity index (χ0n) is 12.2. The number of nitrogens with one attached hydrogen (secondary N) is 1. The van der Waals surface area contributed by atoms with Crippen molar-refractivity contribution in [3.05, 3.63) is 39.6 Å². The average Bonchev–Trinajstić information content (AvgIpc) is 3.24. The summed E-state index contributed by atoms with van der Waals surface area (Å²) in [6, 6.07) is 3.59. The quantitative estimate of drug-likeness (QED) is 0.557. The minimum absolute atomic E-state index is 0.166. The van der Waals surface area contributed by atoms with E-state index in [1.165, 1.54) is 30.7 Å². The highest BCUT2D eigenvalue weighted by Gasteiger charge is 2.27. The molecular formula is C15H14Cl3N3OS. The maximum absolute atomic E-state index is 12.4. The van der Waals surface area contributed by atoms with E-state index in [1.807, 2.05) is 13.1 Å². The molecule has 1 amide bonds. The number of imidazole rings is 1. The van der Waals surface area contributed by atoms with Crippen LogP contribution in [-0.4, -0.2) is 20.7 Å². The van der Waals surface area contributed by atoms with Crippen molar-refractivity contribution in [3.8, 4) is 0 Å². The Labute approximate surface area is 153 Å². The molecule has 3 rings (SSSR count). The standard InChI is InChI=1S/C15H14Cl3N3OS/c1-8(23-15-19-4-5-21(15)9-2-3-9)14(22)20-13-7-11(17)10(16)6-12(13)18/h4-9H,2-3H2,1H3,(H,20,22). The molecule has 1 aromatic heterocycles. The summed E-state index contributed by atoms with van der Waals surface area (Å²) in [5.74, 6) is -0.166. The molecule has 0 spiro atoms. The Morgan fingerprint density at radius 2 is 2.00 bits per heavy atom. The van der Waals surface area contributed by atoms with Crippen LogP contribution in [0.25, 0.3) is 0 Å². The van der Waals surface area contributed by atoms with Crippen LogP contribution < -0.4 is 5.32 Å². The fourth-order valence-corrected chi connectivity index (χ4v) is 3.62. The number of hydrogen-bond donors (Lipinski definition) is 1. The largest absolute Gasteiger partial charge is 0.324 e. The van der Waals surface area contributed by atoms with Crippen molar-refractivity contribution in [1.82, 2.24) is 9.55 Å². The predicted octanol–water partition coefficient (Wildman–Crippen LogP) is 5.30. The summed E-state index contributed by atoms with van der Waals surface area (Å²) in [4.78, 5) is 16.7. The molecule has 1 aliphatic carbocycles. The van der Waals surface area contributed by atoms with Crippen LogP contribution in [0.2, 0.25) is 15.1 Å². The first-order valence-corrected chi connectivity index (χ1v) is 9.12. The van der Waals surface area contributed by atoms with Gasteiger partial charge in [-0.05, 0) is 31.9 Å². The van der Waals surface area contributed by atoms with Gasteiger partial charge in [-0.15, -0.1) is 0 Å². The number of halogens is 3. The minimum Gasteiger partial charge on any atom is -0.324 e. The maximum Gasteiger partial charge on any atom is 0.237 e. The molecule has 0 bridgehead atoms. The molecule has 2 aromatic rings. The Morgan fingerprint density at radius 1 is 1.30 bits per heavy atom. The number of benzene rings is 1. The van der Waals surface area contributed by atoms with Crippen LogP contribution in [0.1, 0.15) is 25.8 Å². The summed E-state index contributed by atoms with van der Waals surface area (Å²) < 4.78 is 2.13. The smallest absolute Gasteiger partial charge is 0.237 e. The van der Waals surface area contributed by atoms with E-state index in [9.17, 15) is 4.79 Å². The van der Waals surface area contributed by atoms with Gasteiger partial charge in [0.2, 0.25) is 5.91 Å². The van der Waals surface area contributed by atoms with Gasteiger partial charge in [0.25, 0.3) is 0 Å². The van der Waals surface area contributed by atoms with Crippen molar-refractivity contribution in [1.29, 1.82) is 0 Å². The SMILES string of the molecule is CC(Sc1nccn1C1CC1)C(=O)Nc1cc(Cl)c(Cl)cc1Cl. The van der Waals surface area contributed by atoms with Gasteiger partial charge in [0.05, 0.1) is 26.0 Å². The number of nitrogens with zero attached hydrogens (tertiary/aromatic N) is 2. The predicted molar refractivity (Wildman–Crippen MR) is 95.9 cm³/mol. The van der Waals surface area contributed by atoms with E-state index in [-0.39, 0.29) is 11.2 Å². The van der Waals surface area contributed by atoms with Crippen molar-refractivity contribution in [3.63, 3.8) is 0 Å². The van der Waals surface area contributed by atoms with Crippen molar-refractivity contribution < 1.29 is 4.79 Å². The number of aromatic nitrogens is 2. The molecule has 1 aromatic carbocycles. The molecule has 0 saturated heterocycles. The molecule has 1 fully saturated rings. The molecule has 1 atom stereocenters. The number of hydrogen-bond acceptors (Lipinski definition) is 3. The number of carbonyl (C=O) groups excluding carboxylic acids is 1. The molecular weight excluding hydrogens is 377 g/mol. The first-order valence-electron chi connectivity index (χ1n) is 7.10. The topological polar surface area (TPSA) is 46.9 Å². The summed E-state index contributed by atoms with van der Waals surface area (Å²) >= 11 is 19.4. The van der Waals surface area contributed by atoms with E-state index >= 15 is 0 Å². The summed E-state index contributed by atoms with van der Waals surface area (Å²) in [6.07, 6.45) is 6.06. The first kappa shape index (κ1) is 17.0. The Hall–Kier alpha value is -0.880. The molecule has 23 heavy (non-hydrogen) atoms. The highest BCUT2D eigenvalue weighted by atomic mass is 35.5. The Kier molecular flexibility index (Phi) is 5.11. The van der Waals surface area contributed by atoms with Crippen molar-refractivity contribution >= 4 is 58.2 Å². The van der Waals surface area contributed by atoms with E-state index in [1.54, 1.807) is 12.3 Å². The van der Waals surface area contributed by atoms with Gasteiger partial charge in [-0.3, -0.25) is 4.79 Å². The second kappa shape index (κ2) is 6.93. The third-order valence-electron chi connectivity index (χ3n) is 3.49. The summed E-state index contributed by atoms with van der Waals surface area (Å²) in [6.45, 7) is 1.83. The molecule has 1 aliphatic rings. The first-order chi connectivity index (χ1) is 11.0. The second-order valence-corrected chi connectivity index (χ2v) is 7.87. The van der Waals surface area contributed by atoms with Gasteiger partial charge >= 0.3 is 0 Å². The number of thioether (sulfide) groups is 1. The molecule has 1 heterocycles. The highest BCUT2D eigenvalue weighted by Crippen LogP contribution is 2.38. The van der Waals surface area contributed by atoms with Crippen LogP contribution in [0, 0.1) is 0 Å². The lowest BCUT2D eigenvalue weighted by molar-refractivity contribution is -0.115. The van der Waals surface area contributed by atoms with Crippen molar-refractivity contribution in [2.45, 2.75) is 36.2 Å². The summed E-state index contributed by atoms with van der Waals surface area (Å²) in [5.41, 5.74) is 0.448. The Bertz CT molecular complexity index is 746. The number of carbonyl (C=O) groups is 1. The van der Waals surface area contributed by atoms with E-state index in [4.69, 9.17) is 34.8 Å². The highest BCUT2D eigenvalue weighted by molar-refractivity contribution is 8.00. The van der Waals surface area contributed by atoms with Gasteiger partial charge in [-0.1, -0.05) is 46.6 Å². The van der Waals surface area contributed by atoms with Gasteiger partial charge in [0.15, 0.2) is 5.16 Å². The van der Waals surface area contributed by atoms with E-state index in [0.717, 1.165) is 5.16 Å². The molecule has 0 radical (unpaired) electrons. The third kappa shape index (κ3) is 3.97. The lowest BCUT2D eigenvalue weighted by atomic mass is 10.3.